The van der Waals surface area contributed by atoms with Crippen LogP contribution in [-0.4, -0.2) is 16.1 Å². The Hall–Kier alpha value is -1.39. The zero-order valence-electron chi connectivity index (χ0n) is 9.78. The minimum atomic E-state index is -0.714. The second kappa shape index (κ2) is 4.85. The summed E-state index contributed by atoms with van der Waals surface area (Å²) < 4.78 is 13.0. The lowest BCUT2D eigenvalue weighted by Gasteiger charge is -2.17. The van der Waals surface area contributed by atoms with Crippen LogP contribution < -0.4 is 5.73 Å². The molecule has 1 aromatic heterocycles. The first kappa shape index (κ1) is 12.1. The Balaban J connectivity index is 2.35. The monoisotopic (exact) mass is 236 g/mol. The summed E-state index contributed by atoms with van der Waals surface area (Å²) >= 11 is 0. The van der Waals surface area contributed by atoms with E-state index in [9.17, 15) is 9.50 Å². The van der Waals surface area contributed by atoms with E-state index in [1.165, 1.54) is 12.1 Å². The molecular formula is C13H17FN2O. The molecule has 0 radical (unpaired) electrons. The zero-order valence-corrected chi connectivity index (χ0v) is 9.78. The number of nitrogens with two attached hydrogens (primary N) is 1. The van der Waals surface area contributed by atoms with Crippen LogP contribution in [0.15, 0.2) is 24.4 Å². The summed E-state index contributed by atoms with van der Waals surface area (Å²) in [4.78, 5) is 2.95. The average Bonchev–Trinajstić information content (AvgIpc) is 2.71. The van der Waals surface area contributed by atoms with Gasteiger partial charge in [-0.2, -0.15) is 0 Å². The highest BCUT2D eigenvalue weighted by Crippen LogP contribution is 2.27. The molecular weight excluding hydrogens is 219 g/mol. The van der Waals surface area contributed by atoms with Gasteiger partial charge in [-0.25, -0.2) is 4.39 Å². The molecule has 0 bridgehead atoms. The minimum Gasteiger partial charge on any atom is -0.387 e. The van der Waals surface area contributed by atoms with Gasteiger partial charge in [-0.3, -0.25) is 0 Å². The third-order valence-electron chi connectivity index (χ3n) is 3.02. The van der Waals surface area contributed by atoms with E-state index >= 15 is 0 Å². The summed E-state index contributed by atoms with van der Waals surface area (Å²) in [5.41, 5.74) is 7.32. The molecule has 1 aromatic carbocycles. The van der Waals surface area contributed by atoms with Gasteiger partial charge in [-0.05, 0) is 24.6 Å². The first-order valence-electron chi connectivity index (χ1n) is 5.83. The number of aliphatic hydroxyl groups excluding tert-OH is 1. The van der Waals surface area contributed by atoms with Crippen molar-refractivity contribution in [1.82, 2.24) is 4.98 Å². The lowest BCUT2D eigenvalue weighted by Crippen LogP contribution is -2.27. The fraction of sp³-hybridized carbons (Fsp3) is 0.385. The molecule has 0 saturated carbocycles. The van der Waals surface area contributed by atoms with Gasteiger partial charge in [0, 0.05) is 28.7 Å². The maximum absolute atomic E-state index is 13.0. The predicted octanol–water partition coefficient (Wildman–Crippen LogP) is 2.47. The van der Waals surface area contributed by atoms with Crippen LogP contribution in [0.4, 0.5) is 4.39 Å². The number of nitrogens with one attached hydrogen (secondary N) is 1. The first-order chi connectivity index (χ1) is 8.13. The molecule has 2 unspecified atom stereocenters. The van der Waals surface area contributed by atoms with Crippen LogP contribution in [0.5, 0.6) is 0 Å². The molecule has 4 heteroatoms. The van der Waals surface area contributed by atoms with Crippen molar-refractivity contribution in [2.75, 3.05) is 0 Å². The standard InChI is InChI=1S/C13H17FN2O/c1-2-3-11(15)13(17)10-7-16-12-6-8(14)4-5-9(10)12/h4-7,11,13,16-17H,2-3,15H2,1H3. The van der Waals surface area contributed by atoms with Gasteiger partial charge in [0.25, 0.3) is 0 Å². The van der Waals surface area contributed by atoms with E-state index in [4.69, 9.17) is 5.73 Å². The molecule has 0 aliphatic rings. The summed E-state index contributed by atoms with van der Waals surface area (Å²) in [6.45, 7) is 2.02. The Morgan fingerprint density at radius 2 is 2.24 bits per heavy atom. The molecule has 0 amide bonds. The summed E-state index contributed by atoms with van der Waals surface area (Å²) in [7, 11) is 0. The predicted molar refractivity (Wildman–Crippen MR) is 66.1 cm³/mol. The van der Waals surface area contributed by atoms with Crippen molar-refractivity contribution in [3.05, 3.63) is 35.8 Å². The number of aromatic amines is 1. The number of fused-ring (bicyclic) bond motifs is 1. The Labute approximate surface area is 99.4 Å². The highest BCUT2D eigenvalue weighted by molar-refractivity contribution is 5.83. The van der Waals surface area contributed by atoms with Crippen molar-refractivity contribution < 1.29 is 9.50 Å². The second-order valence-corrected chi connectivity index (χ2v) is 4.33. The van der Waals surface area contributed by atoms with E-state index in [2.05, 4.69) is 4.98 Å². The quantitative estimate of drug-likeness (QED) is 0.763. The highest BCUT2D eigenvalue weighted by Gasteiger charge is 2.19. The molecule has 17 heavy (non-hydrogen) atoms. The van der Waals surface area contributed by atoms with Crippen LogP contribution in [0.2, 0.25) is 0 Å². The van der Waals surface area contributed by atoms with Gasteiger partial charge in [-0.1, -0.05) is 13.3 Å². The normalized spacial score (nSPS) is 15.1. The molecule has 0 spiro atoms. The van der Waals surface area contributed by atoms with Crippen molar-refractivity contribution >= 4 is 10.9 Å². The van der Waals surface area contributed by atoms with E-state index in [1.807, 2.05) is 6.92 Å². The van der Waals surface area contributed by atoms with Crippen LogP contribution >= 0.6 is 0 Å². The average molecular weight is 236 g/mol. The van der Waals surface area contributed by atoms with E-state index in [0.717, 1.165) is 23.8 Å². The molecule has 0 aliphatic heterocycles. The number of aliphatic hydroxyl groups is 1. The zero-order chi connectivity index (χ0) is 12.4. The Bertz CT molecular complexity index is 509. The SMILES string of the molecule is CCCC(N)C(O)c1c[nH]c2cc(F)ccc12. The number of rotatable bonds is 4. The maximum Gasteiger partial charge on any atom is 0.125 e. The maximum atomic E-state index is 13.0. The molecule has 2 aromatic rings. The molecule has 4 N–H and O–H groups in total. The van der Waals surface area contributed by atoms with Crippen LogP contribution in [0, 0.1) is 5.82 Å². The van der Waals surface area contributed by atoms with Gasteiger partial charge >= 0.3 is 0 Å². The Morgan fingerprint density at radius 1 is 1.47 bits per heavy atom. The van der Waals surface area contributed by atoms with Crippen LogP contribution in [0.1, 0.15) is 31.4 Å². The number of benzene rings is 1. The Morgan fingerprint density at radius 3 is 2.94 bits per heavy atom. The molecule has 92 valence electrons. The van der Waals surface area contributed by atoms with Gasteiger partial charge < -0.3 is 15.8 Å². The van der Waals surface area contributed by atoms with E-state index in [-0.39, 0.29) is 11.9 Å². The van der Waals surface area contributed by atoms with Crippen LogP contribution in [-0.2, 0) is 0 Å². The number of halogens is 1. The van der Waals surface area contributed by atoms with E-state index in [1.54, 1.807) is 12.3 Å². The molecule has 0 saturated heterocycles. The van der Waals surface area contributed by atoms with E-state index < -0.39 is 6.10 Å². The smallest absolute Gasteiger partial charge is 0.125 e. The minimum absolute atomic E-state index is 0.288. The van der Waals surface area contributed by atoms with Crippen molar-refractivity contribution in [3.63, 3.8) is 0 Å². The summed E-state index contributed by atoms with van der Waals surface area (Å²) in [5, 5.41) is 11.0. The summed E-state index contributed by atoms with van der Waals surface area (Å²) in [6, 6.07) is 4.18. The van der Waals surface area contributed by atoms with Gasteiger partial charge in [0.2, 0.25) is 0 Å². The van der Waals surface area contributed by atoms with Crippen molar-refractivity contribution in [2.24, 2.45) is 5.73 Å². The molecule has 0 fully saturated rings. The van der Waals surface area contributed by atoms with Gasteiger partial charge in [0.05, 0.1) is 6.10 Å². The highest BCUT2D eigenvalue weighted by atomic mass is 19.1. The van der Waals surface area contributed by atoms with Gasteiger partial charge in [0.15, 0.2) is 0 Å². The van der Waals surface area contributed by atoms with Crippen molar-refractivity contribution in [1.29, 1.82) is 0 Å². The van der Waals surface area contributed by atoms with Crippen LogP contribution in [0.3, 0.4) is 0 Å². The summed E-state index contributed by atoms with van der Waals surface area (Å²) in [6.07, 6.45) is 2.67. The first-order valence-corrected chi connectivity index (χ1v) is 5.83. The van der Waals surface area contributed by atoms with Crippen molar-refractivity contribution in [2.45, 2.75) is 31.9 Å². The number of H-pyrrole nitrogens is 1. The summed E-state index contributed by atoms with van der Waals surface area (Å²) in [5.74, 6) is -0.293. The lowest BCUT2D eigenvalue weighted by molar-refractivity contribution is 0.143. The fourth-order valence-electron chi connectivity index (χ4n) is 2.09. The largest absolute Gasteiger partial charge is 0.387 e. The number of hydrogen-bond donors (Lipinski definition) is 3. The van der Waals surface area contributed by atoms with Gasteiger partial charge in [0.1, 0.15) is 5.82 Å². The van der Waals surface area contributed by atoms with Crippen LogP contribution in [0.25, 0.3) is 10.9 Å². The molecule has 3 nitrogen and oxygen atoms in total. The molecule has 1 heterocycles. The van der Waals surface area contributed by atoms with Gasteiger partial charge in [-0.15, -0.1) is 0 Å². The number of aromatic nitrogens is 1. The molecule has 0 aliphatic carbocycles. The van der Waals surface area contributed by atoms with Crippen molar-refractivity contribution in [3.8, 4) is 0 Å². The third-order valence-corrected chi connectivity index (χ3v) is 3.02. The Kier molecular flexibility index (Phi) is 3.45. The fourth-order valence-corrected chi connectivity index (χ4v) is 2.09. The van der Waals surface area contributed by atoms with E-state index in [0.29, 0.717) is 5.52 Å². The number of hydrogen-bond acceptors (Lipinski definition) is 2. The third kappa shape index (κ3) is 2.33. The second-order valence-electron chi connectivity index (χ2n) is 4.33. The molecule has 2 atom stereocenters. The lowest BCUT2D eigenvalue weighted by atomic mass is 9.99. The molecule has 2 rings (SSSR count). The topological polar surface area (TPSA) is 62.0 Å².